The zero-order valence-corrected chi connectivity index (χ0v) is 12.2. The van der Waals surface area contributed by atoms with E-state index in [2.05, 4.69) is 20.5 Å². The molecule has 0 fully saturated rings. The molecule has 1 aromatic carbocycles. The third-order valence-electron chi connectivity index (χ3n) is 2.69. The predicted molar refractivity (Wildman–Crippen MR) is 80.4 cm³/mol. The summed E-state index contributed by atoms with van der Waals surface area (Å²) in [5.41, 5.74) is 5.70. The van der Waals surface area contributed by atoms with Gasteiger partial charge >= 0.3 is 0 Å². The number of nitrogens with zero attached hydrogens (tertiary/aromatic N) is 2. The number of aromatic nitrogens is 3. The molecule has 0 unspecified atom stereocenters. The largest absolute Gasteiger partial charge is 0.368 e. The van der Waals surface area contributed by atoms with Crippen molar-refractivity contribution in [1.29, 1.82) is 0 Å². The summed E-state index contributed by atoms with van der Waals surface area (Å²) >= 11 is 1.39. The fourth-order valence-electron chi connectivity index (χ4n) is 1.45. The predicted octanol–water partition coefficient (Wildman–Crippen LogP) is 2.14. The Bertz CT molecular complexity index is 581. The summed E-state index contributed by atoms with van der Waals surface area (Å²) in [6.07, 6.45) is 0. The zero-order chi connectivity index (χ0) is 14.6. The lowest BCUT2D eigenvalue weighted by Gasteiger charge is -2.22. The number of benzene rings is 1. The number of thioether (sulfide) groups is 1. The monoisotopic (exact) mass is 291 g/mol. The maximum Gasteiger partial charge on any atom is 0.230 e. The first-order valence-corrected chi connectivity index (χ1v) is 7.13. The van der Waals surface area contributed by atoms with Crippen LogP contribution in [0.15, 0.2) is 35.5 Å². The first kappa shape index (κ1) is 14.4. The molecule has 2 aromatic rings. The molecular formula is C13H17N5OS. The van der Waals surface area contributed by atoms with Crippen molar-refractivity contribution in [2.75, 3.05) is 16.8 Å². The number of carbonyl (C=O) groups excluding carboxylic acids is 1. The molecule has 20 heavy (non-hydrogen) atoms. The summed E-state index contributed by atoms with van der Waals surface area (Å²) in [6.45, 7) is 3.77. The maximum atomic E-state index is 12.3. The highest BCUT2D eigenvalue weighted by Gasteiger charge is 2.28. The van der Waals surface area contributed by atoms with Gasteiger partial charge in [-0.3, -0.25) is 4.79 Å². The fourth-order valence-corrected chi connectivity index (χ4v) is 2.35. The Balaban J connectivity index is 1.93. The second-order valence-electron chi connectivity index (χ2n) is 5.00. The molecule has 0 aliphatic carbocycles. The lowest BCUT2D eigenvalue weighted by Crippen LogP contribution is -2.32. The zero-order valence-electron chi connectivity index (χ0n) is 11.4. The third-order valence-corrected chi connectivity index (χ3v) is 4.00. The molecule has 0 aliphatic rings. The molecule has 1 amide bonds. The Labute approximate surface area is 121 Å². The molecule has 0 saturated carbocycles. The van der Waals surface area contributed by atoms with Crippen molar-refractivity contribution in [2.24, 2.45) is 5.41 Å². The quantitative estimate of drug-likeness (QED) is 0.733. The van der Waals surface area contributed by atoms with Crippen molar-refractivity contribution >= 4 is 29.3 Å². The van der Waals surface area contributed by atoms with Crippen LogP contribution in [0.2, 0.25) is 0 Å². The van der Waals surface area contributed by atoms with Gasteiger partial charge in [0.1, 0.15) is 0 Å². The van der Waals surface area contributed by atoms with E-state index in [0.717, 1.165) is 5.69 Å². The van der Waals surface area contributed by atoms with Gasteiger partial charge in [0.2, 0.25) is 17.0 Å². The molecule has 7 heteroatoms. The minimum absolute atomic E-state index is 0.0419. The van der Waals surface area contributed by atoms with Crippen molar-refractivity contribution in [3.63, 3.8) is 0 Å². The summed E-state index contributed by atoms with van der Waals surface area (Å²) in [6, 6.07) is 9.39. The van der Waals surface area contributed by atoms with Crippen molar-refractivity contribution < 1.29 is 4.79 Å². The van der Waals surface area contributed by atoms with Gasteiger partial charge in [-0.05, 0) is 12.1 Å². The van der Waals surface area contributed by atoms with Crippen molar-refractivity contribution in [1.82, 2.24) is 15.2 Å². The van der Waals surface area contributed by atoms with Gasteiger partial charge in [0.25, 0.3) is 0 Å². The molecule has 1 heterocycles. The van der Waals surface area contributed by atoms with Crippen LogP contribution in [0.3, 0.4) is 0 Å². The van der Waals surface area contributed by atoms with Crippen LogP contribution in [0, 0.1) is 5.41 Å². The summed E-state index contributed by atoms with van der Waals surface area (Å²) in [7, 11) is 0. The number of nitrogens with one attached hydrogen (secondary N) is 2. The number of carbonyl (C=O) groups is 1. The van der Waals surface area contributed by atoms with E-state index in [1.165, 1.54) is 11.8 Å². The van der Waals surface area contributed by atoms with Crippen LogP contribution in [0.4, 0.5) is 11.6 Å². The fraction of sp³-hybridized carbons (Fsp3) is 0.308. The highest BCUT2D eigenvalue weighted by Crippen LogP contribution is 2.27. The van der Waals surface area contributed by atoms with Crippen LogP contribution in [-0.4, -0.2) is 26.8 Å². The van der Waals surface area contributed by atoms with Crippen molar-refractivity contribution in [3.05, 3.63) is 30.3 Å². The van der Waals surface area contributed by atoms with Gasteiger partial charge in [-0.1, -0.05) is 43.8 Å². The number of anilines is 2. The summed E-state index contributed by atoms with van der Waals surface area (Å²) in [5, 5.41) is 9.94. The highest BCUT2D eigenvalue weighted by molar-refractivity contribution is 7.99. The van der Waals surface area contributed by atoms with E-state index in [9.17, 15) is 4.79 Å². The average molecular weight is 291 g/mol. The average Bonchev–Trinajstić information content (AvgIpc) is 2.83. The molecule has 2 rings (SSSR count). The van der Waals surface area contributed by atoms with Crippen LogP contribution in [0.1, 0.15) is 13.8 Å². The molecule has 6 nitrogen and oxygen atoms in total. The number of H-pyrrole nitrogens is 1. The van der Waals surface area contributed by atoms with E-state index in [1.54, 1.807) is 0 Å². The van der Waals surface area contributed by atoms with E-state index >= 15 is 0 Å². The molecule has 0 spiro atoms. The third kappa shape index (κ3) is 3.74. The number of hydrogen-bond acceptors (Lipinski definition) is 5. The molecule has 0 saturated heterocycles. The first-order chi connectivity index (χ1) is 9.47. The van der Waals surface area contributed by atoms with Crippen LogP contribution in [0.5, 0.6) is 0 Å². The van der Waals surface area contributed by atoms with Gasteiger partial charge in [-0.25, -0.2) is 5.10 Å². The smallest absolute Gasteiger partial charge is 0.230 e. The van der Waals surface area contributed by atoms with Crippen LogP contribution >= 0.6 is 11.8 Å². The molecule has 106 valence electrons. The van der Waals surface area contributed by atoms with Gasteiger partial charge < -0.3 is 11.1 Å². The molecule has 1 aromatic heterocycles. The Morgan fingerprint density at radius 1 is 1.40 bits per heavy atom. The van der Waals surface area contributed by atoms with Crippen LogP contribution < -0.4 is 11.1 Å². The van der Waals surface area contributed by atoms with Crippen LogP contribution in [-0.2, 0) is 4.79 Å². The molecule has 0 aliphatic heterocycles. The number of aromatic amines is 1. The van der Waals surface area contributed by atoms with E-state index in [-0.39, 0.29) is 11.9 Å². The Hall–Kier alpha value is -2.02. The molecule has 0 radical (unpaired) electrons. The SMILES string of the molecule is CC(C)(CSc1n[nH]c(N)n1)C(=O)Nc1ccccc1. The number of nitrogen functional groups attached to an aromatic ring is 1. The number of amides is 1. The topological polar surface area (TPSA) is 96.7 Å². The van der Waals surface area contributed by atoms with Gasteiger partial charge in [-0.2, -0.15) is 4.98 Å². The molecular weight excluding hydrogens is 274 g/mol. The Morgan fingerprint density at radius 2 is 2.10 bits per heavy atom. The Kier molecular flexibility index (Phi) is 4.29. The maximum absolute atomic E-state index is 12.3. The normalized spacial score (nSPS) is 11.3. The molecule has 0 atom stereocenters. The number of para-hydroxylation sites is 1. The van der Waals surface area contributed by atoms with Gasteiger partial charge in [-0.15, -0.1) is 5.10 Å². The minimum atomic E-state index is -0.546. The van der Waals surface area contributed by atoms with Crippen LogP contribution in [0.25, 0.3) is 0 Å². The Morgan fingerprint density at radius 3 is 2.70 bits per heavy atom. The van der Waals surface area contributed by atoms with E-state index < -0.39 is 5.41 Å². The number of hydrogen-bond donors (Lipinski definition) is 3. The molecule has 4 N–H and O–H groups in total. The lowest BCUT2D eigenvalue weighted by molar-refractivity contribution is -0.122. The van der Waals surface area contributed by atoms with E-state index in [0.29, 0.717) is 10.9 Å². The van der Waals surface area contributed by atoms with Gasteiger partial charge in [0.15, 0.2) is 0 Å². The summed E-state index contributed by atoms with van der Waals surface area (Å²) < 4.78 is 0. The summed E-state index contributed by atoms with van der Waals surface area (Å²) in [4.78, 5) is 16.3. The van der Waals surface area contributed by atoms with Crippen molar-refractivity contribution in [3.8, 4) is 0 Å². The highest BCUT2D eigenvalue weighted by atomic mass is 32.2. The first-order valence-electron chi connectivity index (χ1n) is 6.14. The van der Waals surface area contributed by atoms with Crippen molar-refractivity contribution in [2.45, 2.75) is 19.0 Å². The van der Waals surface area contributed by atoms with E-state index in [1.807, 2.05) is 44.2 Å². The van der Waals surface area contributed by atoms with Gasteiger partial charge in [0, 0.05) is 11.4 Å². The van der Waals surface area contributed by atoms with Gasteiger partial charge in [0.05, 0.1) is 5.41 Å². The summed E-state index contributed by atoms with van der Waals surface area (Å²) in [5.74, 6) is 0.793. The second-order valence-corrected chi connectivity index (χ2v) is 5.94. The standard InChI is InChI=1S/C13H17N5OS/c1-13(2,8-20-12-16-11(14)17-18-12)10(19)15-9-6-4-3-5-7-9/h3-7H,8H2,1-2H3,(H,15,19)(H3,14,16,17,18). The minimum Gasteiger partial charge on any atom is -0.368 e. The van der Waals surface area contributed by atoms with E-state index in [4.69, 9.17) is 5.73 Å². The number of rotatable bonds is 5. The lowest BCUT2D eigenvalue weighted by atomic mass is 9.95. The molecule has 0 bridgehead atoms. The number of nitrogens with two attached hydrogens (primary N) is 1. The second kappa shape index (κ2) is 5.96.